The van der Waals surface area contributed by atoms with Crippen molar-refractivity contribution in [2.45, 2.75) is 37.7 Å². The number of sulfone groups is 1. The summed E-state index contributed by atoms with van der Waals surface area (Å²) in [5.74, 6) is -0.435. The van der Waals surface area contributed by atoms with Gasteiger partial charge in [0.15, 0.2) is 15.0 Å². The number of nitrogens with zero attached hydrogens (tertiary/aromatic N) is 2. The number of amidine groups is 1. The predicted molar refractivity (Wildman–Crippen MR) is 109 cm³/mol. The standard InChI is InChI=1S/C18H23N3O5S2/c1-18(2,3)26-17(23)19-9-15(22)20-16-21(12-7-5-4-6-8-12)13-10-28(24,25)11-14(13)27-16/h4-8,13-14H,9-11H2,1-3H3,(H,19,23). The summed E-state index contributed by atoms with van der Waals surface area (Å²) in [6.45, 7) is 4.90. The molecular formula is C18H23N3O5S2. The van der Waals surface area contributed by atoms with Crippen LogP contribution in [0.1, 0.15) is 20.8 Å². The van der Waals surface area contributed by atoms with Crippen LogP contribution in [0.2, 0.25) is 0 Å². The molecule has 28 heavy (non-hydrogen) atoms. The van der Waals surface area contributed by atoms with Gasteiger partial charge in [-0.25, -0.2) is 13.2 Å². The van der Waals surface area contributed by atoms with Crippen LogP contribution in [0.4, 0.5) is 10.5 Å². The van der Waals surface area contributed by atoms with Crippen molar-refractivity contribution < 1.29 is 22.7 Å². The molecule has 1 aromatic rings. The van der Waals surface area contributed by atoms with Crippen LogP contribution in [-0.4, -0.2) is 60.5 Å². The highest BCUT2D eigenvalue weighted by Crippen LogP contribution is 2.40. The molecule has 8 nitrogen and oxygen atoms in total. The van der Waals surface area contributed by atoms with Crippen LogP contribution in [0.15, 0.2) is 35.3 Å². The summed E-state index contributed by atoms with van der Waals surface area (Å²) in [5, 5.41) is 2.67. The summed E-state index contributed by atoms with van der Waals surface area (Å²) in [6.07, 6.45) is -0.692. The highest BCUT2D eigenvalue weighted by atomic mass is 32.2. The van der Waals surface area contributed by atoms with Gasteiger partial charge in [0.1, 0.15) is 12.1 Å². The number of thioether (sulfide) groups is 1. The summed E-state index contributed by atoms with van der Waals surface area (Å²) in [7, 11) is -3.11. The van der Waals surface area contributed by atoms with Crippen LogP contribution in [0, 0.1) is 0 Å². The Morgan fingerprint density at radius 2 is 1.93 bits per heavy atom. The van der Waals surface area contributed by atoms with Gasteiger partial charge in [0.25, 0.3) is 5.91 Å². The molecule has 0 aliphatic carbocycles. The molecule has 1 N–H and O–H groups in total. The second kappa shape index (κ2) is 7.75. The number of carbonyl (C=O) groups excluding carboxylic acids is 2. The first-order valence-electron chi connectivity index (χ1n) is 8.84. The first-order chi connectivity index (χ1) is 13.0. The Balaban J connectivity index is 1.74. The summed E-state index contributed by atoms with van der Waals surface area (Å²) in [5.41, 5.74) is 0.124. The van der Waals surface area contributed by atoms with Gasteiger partial charge in [-0.1, -0.05) is 30.0 Å². The fraction of sp³-hybridized carbons (Fsp3) is 0.500. The molecule has 3 rings (SSSR count). The number of benzene rings is 1. The quantitative estimate of drug-likeness (QED) is 0.787. The van der Waals surface area contributed by atoms with Crippen molar-refractivity contribution in [1.29, 1.82) is 0 Å². The average Bonchev–Trinajstić information content (AvgIpc) is 3.03. The van der Waals surface area contributed by atoms with Crippen LogP contribution in [0.5, 0.6) is 0 Å². The summed E-state index contributed by atoms with van der Waals surface area (Å²) < 4.78 is 29.2. The fourth-order valence-corrected chi connectivity index (χ4v) is 6.99. The number of para-hydroxylation sites is 1. The Morgan fingerprint density at radius 3 is 2.57 bits per heavy atom. The lowest BCUT2D eigenvalue weighted by Crippen LogP contribution is -2.38. The van der Waals surface area contributed by atoms with E-state index in [0.29, 0.717) is 5.17 Å². The average molecular weight is 426 g/mol. The molecule has 1 aromatic carbocycles. The molecule has 0 radical (unpaired) electrons. The van der Waals surface area contributed by atoms with Gasteiger partial charge in [0.2, 0.25) is 0 Å². The number of hydrogen-bond donors (Lipinski definition) is 1. The van der Waals surface area contributed by atoms with Crippen molar-refractivity contribution in [2.75, 3.05) is 23.0 Å². The van der Waals surface area contributed by atoms with Crippen LogP contribution in [-0.2, 0) is 19.4 Å². The summed E-state index contributed by atoms with van der Waals surface area (Å²) in [4.78, 5) is 29.9. The zero-order chi connectivity index (χ0) is 20.5. The SMILES string of the molecule is CC(C)(C)OC(=O)NCC(=O)N=C1SC2CS(=O)(=O)CC2N1c1ccccc1. The number of carbonyl (C=O) groups is 2. The molecule has 2 heterocycles. The smallest absolute Gasteiger partial charge is 0.408 e. The third-order valence-corrected chi connectivity index (χ3v) is 7.31. The van der Waals surface area contributed by atoms with E-state index in [2.05, 4.69) is 10.3 Å². The second-order valence-electron chi connectivity index (χ2n) is 7.65. The minimum atomic E-state index is -3.11. The van der Waals surface area contributed by atoms with Crippen molar-refractivity contribution >= 4 is 44.5 Å². The minimum Gasteiger partial charge on any atom is -0.444 e. The van der Waals surface area contributed by atoms with E-state index in [-0.39, 0.29) is 29.3 Å². The van der Waals surface area contributed by atoms with Gasteiger partial charge in [-0.05, 0) is 32.9 Å². The number of fused-ring (bicyclic) bond motifs is 1. The van der Waals surface area contributed by atoms with Crippen LogP contribution < -0.4 is 10.2 Å². The van der Waals surface area contributed by atoms with Crippen molar-refractivity contribution in [3.8, 4) is 0 Å². The number of alkyl carbamates (subject to hydrolysis) is 1. The number of amides is 2. The second-order valence-corrected chi connectivity index (χ2v) is 11.0. The van der Waals surface area contributed by atoms with Crippen molar-refractivity contribution in [3.63, 3.8) is 0 Å². The molecular weight excluding hydrogens is 402 g/mol. The van der Waals surface area contributed by atoms with E-state index in [0.717, 1.165) is 5.69 Å². The van der Waals surface area contributed by atoms with Gasteiger partial charge in [-0.15, -0.1) is 0 Å². The van der Waals surface area contributed by atoms with Gasteiger partial charge < -0.3 is 15.0 Å². The zero-order valence-corrected chi connectivity index (χ0v) is 17.5. The molecule has 2 amide bonds. The fourth-order valence-electron chi connectivity index (χ4n) is 3.06. The van der Waals surface area contributed by atoms with E-state index in [4.69, 9.17) is 4.74 Å². The maximum absolute atomic E-state index is 12.3. The molecule has 152 valence electrons. The summed E-state index contributed by atoms with van der Waals surface area (Å²) in [6, 6.07) is 9.01. The molecule has 2 saturated heterocycles. The molecule has 2 aliphatic heterocycles. The van der Waals surface area contributed by atoms with Gasteiger partial charge in [-0.3, -0.25) is 4.79 Å². The van der Waals surface area contributed by atoms with E-state index in [9.17, 15) is 18.0 Å². The highest BCUT2D eigenvalue weighted by molar-refractivity contribution is 8.16. The van der Waals surface area contributed by atoms with Gasteiger partial charge in [0, 0.05) is 10.9 Å². The first-order valence-corrected chi connectivity index (χ1v) is 11.5. The molecule has 0 saturated carbocycles. The Bertz CT molecular complexity index is 894. The monoisotopic (exact) mass is 425 g/mol. The van der Waals surface area contributed by atoms with Gasteiger partial charge in [0.05, 0.1) is 17.5 Å². The van der Waals surface area contributed by atoms with Crippen LogP contribution in [0.3, 0.4) is 0 Å². The van der Waals surface area contributed by atoms with E-state index in [1.807, 2.05) is 35.2 Å². The molecule has 2 fully saturated rings. The van der Waals surface area contributed by atoms with Crippen molar-refractivity contribution in [2.24, 2.45) is 4.99 Å². The maximum Gasteiger partial charge on any atom is 0.408 e. The largest absolute Gasteiger partial charge is 0.444 e. The molecule has 0 spiro atoms. The highest BCUT2D eigenvalue weighted by Gasteiger charge is 2.49. The topological polar surface area (TPSA) is 105 Å². The number of rotatable bonds is 3. The Labute approximate surface area is 168 Å². The lowest BCUT2D eigenvalue weighted by atomic mass is 10.2. The number of ether oxygens (including phenoxy) is 1. The van der Waals surface area contributed by atoms with E-state index >= 15 is 0 Å². The third kappa shape index (κ3) is 5.05. The molecule has 0 bridgehead atoms. The van der Waals surface area contributed by atoms with E-state index in [1.54, 1.807) is 20.8 Å². The minimum absolute atomic E-state index is 0.0307. The van der Waals surface area contributed by atoms with Crippen LogP contribution in [0.25, 0.3) is 0 Å². The molecule has 2 atom stereocenters. The van der Waals surface area contributed by atoms with Gasteiger partial charge in [-0.2, -0.15) is 4.99 Å². The predicted octanol–water partition coefficient (Wildman–Crippen LogP) is 1.81. The molecule has 10 heteroatoms. The van der Waals surface area contributed by atoms with Crippen molar-refractivity contribution in [1.82, 2.24) is 5.32 Å². The third-order valence-electron chi connectivity index (χ3n) is 4.10. The van der Waals surface area contributed by atoms with Gasteiger partial charge >= 0.3 is 6.09 Å². The lowest BCUT2D eigenvalue weighted by molar-refractivity contribution is -0.117. The Morgan fingerprint density at radius 1 is 1.25 bits per heavy atom. The summed E-state index contributed by atoms with van der Waals surface area (Å²) >= 11 is 1.29. The first kappa shape index (κ1) is 20.7. The maximum atomic E-state index is 12.3. The van der Waals surface area contributed by atoms with Crippen molar-refractivity contribution in [3.05, 3.63) is 30.3 Å². The number of aliphatic imine (C=N–C) groups is 1. The molecule has 2 aliphatic rings. The number of hydrogen-bond acceptors (Lipinski definition) is 6. The molecule has 0 aromatic heterocycles. The van der Waals surface area contributed by atoms with E-state index in [1.165, 1.54) is 11.8 Å². The lowest BCUT2D eigenvalue weighted by Gasteiger charge is -2.24. The van der Waals surface area contributed by atoms with Crippen LogP contribution >= 0.6 is 11.8 Å². The Kier molecular flexibility index (Phi) is 5.72. The number of anilines is 1. The Hall–Kier alpha value is -2.07. The van der Waals surface area contributed by atoms with E-state index < -0.39 is 27.4 Å². The molecule has 2 unspecified atom stereocenters. The zero-order valence-electron chi connectivity index (χ0n) is 15.9. The normalized spacial score (nSPS) is 24.8. The number of nitrogens with one attached hydrogen (secondary N) is 1.